The van der Waals surface area contributed by atoms with Crippen molar-refractivity contribution >= 4 is 28.5 Å². The van der Waals surface area contributed by atoms with Crippen LogP contribution >= 0.6 is 22.6 Å². The van der Waals surface area contributed by atoms with Crippen LogP contribution in [0.3, 0.4) is 0 Å². The molecule has 2 saturated carbocycles. The molecule has 1 saturated heterocycles. The number of alkyl halides is 1. The average Bonchev–Trinajstić information content (AvgIpc) is 3.44. The number of piperidine rings is 1. The van der Waals surface area contributed by atoms with Gasteiger partial charge in [0.05, 0.1) is 10.5 Å². The Labute approximate surface area is 179 Å². The highest BCUT2D eigenvalue weighted by molar-refractivity contribution is 14.1. The number of halogens is 1. The number of ether oxygens (including phenoxy) is 1. The normalized spacial score (nSPS) is 37.9. The molecule has 3 unspecified atom stereocenters. The standard InChI is InChI=1S/C22H27IN2O3/c23-10-18(27)24-15-5-4-14-16-9-13-3-6-17(26)20-19(13)22(14,21(15)28-20)7-8-25(16)11-12-1-2-12/h3,6,12,14-16,21,26H,1-2,4-5,7-11H2,(H,24,27)/t14?,15-,16?,21+,22?/m1/s1. The van der Waals surface area contributed by atoms with Gasteiger partial charge in [0.15, 0.2) is 11.5 Å². The number of carbonyl (C=O) groups excluding carboxylic acids is 1. The van der Waals surface area contributed by atoms with E-state index < -0.39 is 0 Å². The first kappa shape index (κ1) is 17.8. The van der Waals surface area contributed by atoms with Crippen LogP contribution in [0.1, 0.15) is 43.2 Å². The number of nitrogens with zero attached hydrogens (tertiary/aromatic N) is 1. The summed E-state index contributed by atoms with van der Waals surface area (Å²) in [6.07, 6.45) is 6.98. The van der Waals surface area contributed by atoms with Crippen LogP contribution in [0, 0.1) is 11.8 Å². The number of phenolic OH excluding ortho intramolecular Hbond substituents is 1. The minimum atomic E-state index is -0.0499. The van der Waals surface area contributed by atoms with Crippen molar-refractivity contribution < 1.29 is 14.6 Å². The highest BCUT2D eigenvalue weighted by Gasteiger charge is 2.66. The average molecular weight is 494 g/mol. The predicted octanol–water partition coefficient (Wildman–Crippen LogP) is 2.76. The van der Waals surface area contributed by atoms with Crippen LogP contribution in [0.25, 0.3) is 0 Å². The Morgan fingerprint density at radius 2 is 2.18 bits per heavy atom. The van der Waals surface area contributed by atoms with Gasteiger partial charge in [-0.3, -0.25) is 9.69 Å². The summed E-state index contributed by atoms with van der Waals surface area (Å²) in [6, 6.07) is 4.54. The zero-order chi connectivity index (χ0) is 19.0. The third kappa shape index (κ3) is 2.36. The van der Waals surface area contributed by atoms with Crippen LogP contribution in [0.4, 0.5) is 0 Å². The molecule has 2 N–H and O–H groups in total. The van der Waals surface area contributed by atoms with Crippen LogP contribution in [0.5, 0.6) is 11.5 Å². The summed E-state index contributed by atoms with van der Waals surface area (Å²) < 4.78 is 6.98. The van der Waals surface area contributed by atoms with Crippen molar-refractivity contribution in [2.24, 2.45) is 11.8 Å². The van der Waals surface area contributed by atoms with E-state index in [1.807, 2.05) is 6.07 Å². The van der Waals surface area contributed by atoms with E-state index in [1.165, 1.54) is 30.5 Å². The molecule has 2 aliphatic heterocycles. The molecular formula is C22H27IN2O3. The summed E-state index contributed by atoms with van der Waals surface area (Å²) in [7, 11) is 0. The van der Waals surface area contributed by atoms with Crippen LogP contribution < -0.4 is 10.1 Å². The van der Waals surface area contributed by atoms with E-state index in [9.17, 15) is 9.90 Å². The number of hydrogen-bond acceptors (Lipinski definition) is 4. The molecule has 1 aromatic rings. The van der Waals surface area contributed by atoms with Crippen LogP contribution in [0.15, 0.2) is 12.1 Å². The quantitative estimate of drug-likeness (QED) is 0.500. The second-order valence-electron chi connectivity index (χ2n) is 9.48. The second-order valence-corrected chi connectivity index (χ2v) is 10.2. The third-order valence-electron chi connectivity index (χ3n) is 8.09. The number of nitrogens with one attached hydrogen (secondary N) is 1. The number of rotatable bonds is 4. The minimum absolute atomic E-state index is 0.0342. The zero-order valence-corrected chi connectivity index (χ0v) is 18.2. The zero-order valence-electron chi connectivity index (χ0n) is 16.0. The van der Waals surface area contributed by atoms with E-state index in [1.54, 1.807) is 0 Å². The SMILES string of the molecule is O=C(CI)N[C@@H]1CCC2C3Cc4ccc(O)c5c4C2(CCN3CC2CC2)[C@H]1O5. The maximum atomic E-state index is 12.2. The molecular weight excluding hydrogens is 467 g/mol. The van der Waals surface area contributed by atoms with E-state index in [2.05, 4.69) is 38.9 Å². The summed E-state index contributed by atoms with van der Waals surface area (Å²) in [4.78, 5) is 15.0. The van der Waals surface area contributed by atoms with E-state index in [4.69, 9.17) is 4.74 Å². The van der Waals surface area contributed by atoms with Crippen molar-refractivity contribution in [2.75, 3.05) is 17.5 Å². The molecule has 0 aromatic heterocycles. The maximum absolute atomic E-state index is 12.2. The maximum Gasteiger partial charge on any atom is 0.230 e. The Balaban J connectivity index is 1.44. The Hall–Kier alpha value is -1.02. The van der Waals surface area contributed by atoms with Crippen molar-refractivity contribution in [3.8, 4) is 11.5 Å². The molecule has 2 bridgehead atoms. The first-order valence-electron chi connectivity index (χ1n) is 10.7. The van der Waals surface area contributed by atoms with Gasteiger partial charge in [0.1, 0.15) is 6.10 Å². The van der Waals surface area contributed by atoms with Crippen LogP contribution in [-0.2, 0) is 16.6 Å². The van der Waals surface area contributed by atoms with Gasteiger partial charge in [-0.1, -0.05) is 28.7 Å². The van der Waals surface area contributed by atoms with Crippen molar-refractivity contribution in [3.05, 3.63) is 23.3 Å². The number of phenols is 1. The molecule has 0 radical (unpaired) electrons. The fraction of sp³-hybridized carbons (Fsp3) is 0.682. The summed E-state index contributed by atoms with van der Waals surface area (Å²) >= 11 is 2.12. The Kier molecular flexibility index (Phi) is 3.97. The highest BCUT2D eigenvalue weighted by Crippen LogP contribution is 2.63. The second kappa shape index (κ2) is 6.24. The van der Waals surface area contributed by atoms with Crippen molar-refractivity contribution in [1.29, 1.82) is 0 Å². The highest BCUT2D eigenvalue weighted by atomic mass is 127. The molecule has 150 valence electrons. The lowest BCUT2D eigenvalue weighted by atomic mass is 9.51. The predicted molar refractivity (Wildman–Crippen MR) is 114 cm³/mol. The van der Waals surface area contributed by atoms with E-state index in [0.29, 0.717) is 22.1 Å². The molecule has 5 atom stereocenters. The van der Waals surface area contributed by atoms with Gasteiger partial charge < -0.3 is 15.2 Å². The largest absolute Gasteiger partial charge is 0.504 e. The molecule has 28 heavy (non-hydrogen) atoms. The van der Waals surface area contributed by atoms with E-state index in [0.717, 1.165) is 38.1 Å². The molecule has 1 aromatic carbocycles. The lowest BCUT2D eigenvalue weighted by Gasteiger charge is -2.59. The van der Waals surface area contributed by atoms with Gasteiger partial charge in [-0.05, 0) is 68.5 Å². The Bertz CT molecular complexity index is 841. The van der Waals surface area contributed by atoms with Crippen LogP contribution in [-0.4, -0.2) is 51.6 Å². The number of hydrogen-bond donors (Lipinski definition) is 2. The molecule has 3 fully saturated rings. The van der Waals surface area contributed by atoms with Crippen LogP contribution in [0.2, 0.25) is 0 Å². The van der Waals surface area contributed by atoms with Gasteiger partial charge in [0.2, 0.25) is 5.91 Å². The first-order chi connectivity index (χ1) is 13.6. The number of benzene rings is 1. The number of amides is 1. The fourth-order valence-corrected chi connectivity index (χ4v) is 7.10. The molecule has 3 aliphatic carbocycles. The molecule has 1 amide bonds. The lowest BCUT2D eigenvalue weighted by molar-refractivity contribution is -0.122. The van der Waals surface area contributed by atoms with Crippen molar-refractivity contribution in [2.45, 2.75) is 62.1 Å². The molecule has 1 spiro atoms. The molecule has 5 nitrogen and oxygen atoms in total. The summed E-state index contributed by atoms with van der Waals surface area (Å²) in [6.45, 7) is 2.36. The molecule has 2 heterocycles. The summed E-state index contributed by atoms with van der Waals surface area (Å²) in [5.41, 5.74) is 2.59. The number of carbonyl (C=O) groups is 1. The monoisotopic (exact) mass is 494 g/mol. The molecule has 6 rings (SSSR count). The fourth-order valence-electron chi connectivity index (χ4n) is 6.88. The van der Waals surface area contributed by atoms with Gasteiger partial charge in [-0.25, -0.2) is 0 Å². The van der Waals surface area contributed by atoms with E-state index >= 15 is 0 Å². The molecule has 5 aliphatic rings. The Morgan fingerprint density at radius 1 is 1.32 bits per heavy atom. The van der Waals surface area contributed by atoms with E-state index in [-0.39, 0.29) is 29.2 Å². The van der Waals surface area contributed by atoms with Crippen molar-refractivity contribution in [1.82, 2.24) is 10.2 Å². The topological polar surface area (TPSA) is 61.8 Å². The summed E-state index contributed by atoms with van der Waals surface area (Å²) in [5.74, 6) is 2.52. The number of aromatic hydroxyl groups is 1. The third-order valence-corrected chi connectivity index (χ3v) is 8.78. The van der Waals surface area contributed by atoms with Gasteiger partial charge in [-0.15, -0.1) is 0 Å². The Morgan fingerprint density at radius 3 is 2.96 bits per heavy atom. The summed E-state index contributed by atoms with van der Waals surface area (Å²) in [5, 5.41) is 13.8. The lowest BCUT2D eigenvalue weighted by Crippen LogP contribution is -2.69. The van der Waals surface area contributed by atoms with Gasteiger partial charge in [-0.2, -0.15) is 0 Å². The smallest absolute Gasteiger partial charge is 0.230 e. The van der Waals surface area contributed by atoms with Gasteiger partial charge >= 0.3 is 0 Å². The van der Waals surface area contributed by atoms with Gasteiger partial charge in [0.25, 0.3) is 0 Å². The van der Waals surface area contributed by atoms with Crippen molar-refractivity contribution in [3.63, 3.8) is 0 Å². The van der Waals surface area contributed by atoms with Gasteiger partial charge in [0, 0.05) is 23.6 Å². The minimum Gasteiger partial charge on any atom is -0.504 e. The molecule has 6 heteroatoms. The number of likely N-dealkylation sites (tertiary alicyclic amines) is 1. The first-order valence-corrected chi connectivity index (χ1v) is 12.3.